The van der Waals surface area contributed by atoms with Crippen molar-refractivity contribution in [2.24, 2.45) is 3.90 Å². The van der Waals surface area contributed by atoms with Crippen molar-refractivity contribution in [3.63, 3.8) is 0 Å². The molecule has 0 atom stereocenters. The van der Waals surface area contributed by atoms with Crippen LogP contribution in [0, 0.1) is 0 Å². The Morgan fingerprint density at radius 3 is 3.00 bits per heavy atom. The van der Waals surface area contributed by atoms with Gasteiger partial charge < -0.3 is 0 Å². The summed E-state index contributed by atoms with van der Waals surface area (Å²) in [7, 11) is 0. The van der Waals surface area contributed by atoms with Crippen molar-refractivity contribution in [2.75, 3.05) is 13.1 Å². The molecule has 1 aliphatic heterocycles. The van der Waals surface area contributed by atoms with Crippen LogP contribution in [0.2, 0.25) is 0 Å². The topological polar surface area (TPSA) is 24.4 Å². The van der Waals surface area contributed by atoms with Gasteiger partial charge in [0.2, 0.25) is 0 Å². The average molecular weight is 131 g/mol. The molecule has 1 heterocycles. The van der Waals surface area contributed by atoms with Gasteiger partial charge in [0.25, 0.3) is 0 Å². The third-order valence-electron chi connectivity index (χ3n) is 0.568. The Hall–Kier alpha value is 0.143. The summed E-state index contributed by atoms with van der Waals surface area (Å²) in [5.41, 5.74) is 0. The summed E-state index contributed by atoms with van der Waals surface area (Å²) in [6.45, 7) is 2.24. The molecule has 0 radical (unpaired) electrons. The quantitative estimate of drug-likeness (QED) is 0.424. The Kier molecular flexibility index (Phi) is 1.03. The van der Waals surface area contributed by atoms with Crippen molar-refractivity contribution in [2.45, 2.75) is 0 Å². The van der Waals surface area contributed by atoms with Gasteiger partial charge in [-0.05, 0) is 0 Å². The first-order valence-electron chi connectivity index (χ1n) is 1.72. The van der Waals surface area contributed by atoms with E-state index in [2.05, 4.69) is 8.18 Å². The molecular weight excluding hydrogens is 125 g/mol. The summed E-state index contributed by atoms with van der Waals surface area (Å²) in [5.74, 6) is 0. The van der Waals surface area contributed by atoms with Gasteiger partial charge in [-0.2, -0.15) is 0 Å². The Labute approximate surface area is 37.5 Å². The molecule has 0 amide bonds. The molecule has 28 valence electrons. The monoisotopic (exact) mass is 132 g/mol. The van der Waals surface area contributed by atoms with E-state index < -0.39 is 0 Å². The van der Waals surface area contributed by atoms with Crippen LogP contribution in [-0.2, 0) is 0 Å². The summed E-state index contributed by atoms with van der Waals surface area (Å²) < 4.78 is 7.34. The van der Waals surface area contributed by atoms with Crippen LogP contribution in [0.3, 0.4) is 0 Å². The summed E-state index contributed by atoms with van der Waals surface area (Å²) in [6, 6.07) is 0. The third-order valence-corrected chi connectivity index (χ3v) is 2.48. The Morgan fingerprint density at radius 1 is 1.80 bits per heavy atom. The first-order chi connectivity index (χ1) is 2.50. The van der Waals surface area contributed by atoms with Crippen molar-refractivity contribution < 1.29 is 0 Å². The Bertz CT molecular complexity index is 45.6. The molecule has 0 saturated heterocycles. The third kappa shape index (κ3) is 0.719. The van der Waals surface area contributed by atoms with E-state index in [0.717, 1.165) is 13.1 Å². The van der Waals surface area contributed by atoms with Crippen molar-refractivity contribution in [3.05, 3.63) is 0 Å². The minimum atomic E-state index is -0.201. The fourth-order valence-corrected chi connectivity index (χ4v) is 1.68. The standard InChI is InChI=1S/C2H6GeN2/c1-2-5-3-4-1/h3-4H,1-2H2. The van der Waals surface area contributed by atoms with Crippen LogP contribution in [0.4, 0.5) is 0 Å². The fourth-order valence-electron chi connectivity index (χ4n) is 0.323. The molecule has 1 rings (SSSR count). The van der Waals surface area contributed by atoms with Gasteiger partial charge in [0.1, 0.15) is 0 Å². The molecule has 0 aromatic carbocycles. The molecule has 5 heavy (non-hydrogen) atoms. The van der Waals surface area contributed by atoms with Crippen LogP contribution in [0.25, 0.3) is 0 Å². The van der Waals surface area contributed by atoms with Gasteiger partial charge in [-0.1, -0.05) is 0 Å². The Morgan fingerprint density at radius 2 is 2.80 bits per heavy atom. The first kappa shape index (κ1) is 3.34. The summed E-state index contributed by atoms with van der Waals surface area (Å²) in [5, 5.41) is 0. The SMILES string of the molecule is C1C[NH][GeH]=[N]1. The van der Waals surface area contributed by atoms with Crippen molar-refractivity contribution in [1.29, 1.82) is 0 Å². The zero-order valence-electron chi connectivity index (χ0n) is 2.94. The molecule has 1 aliphatic rings. The number of hydrogen-bond donors (Lipinski definition) is 1. The Balaban J connectivity index is 2.32. The summed E-state index contributed by atoms with van der Waals surface area (Å²) in [4.78, 5) is 0. The molecule has 0 saturated carbocycles. The van der Waals surface area contributed by atoms with Crippen LogP contribution in [-0.4, -0.2) is 28.6 Å². The van der Waals surface area contributed by atoms with Crippen LogP contribution < -0.4 is 4.27 Å². The van der Waals surface area contributed by atoms with E-state index in [0.29, 0.717) is 0 Å². The number of hydrogen-bond acceptors (Lipinski definition) is 2. The molecule has 3 heteroatoms. The minimum absolute atomic E-state index is 0.201. The molecule has 2 nitrogen and oxygen atoms in total. The van der Waals surface area contributed by atoms with E-state index >= 15 is 0 Å². The normalized spacial score (nSPS) is 19.2. The molecule has 0 spiro atoms. The fraction of sp³-hybridized carbons (Fsp3) is 1.00. The first-order valence-corrected chi connectivity index (χ1v) is 4.01. The zero-order valence-corrected chi connectivity index (χ0v) is 5.36. The number of rotatable bonds is 0. The van der Waals surface area contributed by atoms with Crippen LogP contribution in [0.1, 0.15) is 0 Å². The van der Waals surface area contributed by atoms with Crippen molar-refractivity contribution in [1.82, 2.24) is 4.27 Å². The van der Waals surface area contributed by atoms with Gasteiger partial charge in [-0.3, -0.25) is 0 Å². The number of nitrogens with zero attached hydrogens (tertiary/aromatic N) is 1. The maximum atomic E-state index is 4.13. The number of nitrogens with one attached hydrogen (secondary N) is 1. The van der Waals surface area contributed by atoms with E-state index in [1.54, 1.807) is 0 Å². The zero-order chi connectivity index (χ0) is 3.54. The molecule has 0 aliphatic carbocycles. The second-order valence-corrected chi connectivity index (χ2v) is 3.15. The average Bonchev–Trinajstić information content (AvgIpc) is 1.76. The van der Waals surface area contributed by atoms with Gasteiger partial charge >= 0.3 is 36.7 Å². The molecule has 0 unspecified atom stereocenters. The molecule has 0 fully saturated rings. The van der Waals surface area contributed by atoms with E-state index in [-0.39, 0.29) is 15.5 Å². The second-order valence-electron chi connectivity index (χ2n) is 0.989. The molecule has 1 N–H and O–H groups in total. The second kappa shape index (κ2) is 1.55. The molecule has 0 aromatic rings. The molecule has 0 aromatic heterocycles. The van der Waals surface area contributed by atoms with Crippen molar-refractivity contribution in [3.8, 4) is 0 Å². The predicted octanol–water partition coefficient (Wildman–Crippen LogP) is -0.875. The summed E-state index contributed by atoms with van der Waals surface area (Å²) in [6.07, 6.45) is 0. The van der Waals surface area contributed by atoms with E-state index in [4.69, 9.17) is 0 Å². The van der Waals surface area contributed by atoms with Gasteiger partial charge in [0.05, 0.1) is 0 Å². The van der Waals surface area contributed by atoms with E-state index in [9.17, 15) is 0 Å². The molecule has 0 bridgehead atoms. The van der Waals surface area contributed by atoms with Crippen LogP contribution in [0.5, 0.6) is 0 Å². The van der Waals surface area contributed by atoms with Gasteiger partial charge in [0.15, 0.2) is 0 Å². The van der Waals surface area contributed by atoms with Gasteiger partial charge in [-0.25, -0.2) is 0 Å². The summed E-state index contributed by atoms with van der Waals surface area (Å²) >= 11 is -0.201. The van der Waals surface area contributed by atoms with E-state index in [1.807, 2.05) is 0 Å². The molecular formula is C2H6GeN2. The van der Waals surface area contributed by atoms with Crippen molar-refractivity contribution >= 4 is 15.5 Å². The van der Waals surface area contributed by atoms with Crippen LogP contribution >= 0.6 is 0 Å². The van der Waals surface area contributed by atoms with Gasteiger partial charge in [-0.15, -0.1) is 0 Å². The maximum absolute atomic E-state index is 4.13. The van der Waals surface area contributed by atoms with Crippen LogP contribution in [0.15, 0.2) is 3.90 Å². The van der Waals surface area contributed by atoms with E-state index in [1.165, 1.54) is 0 Å². The predicted molar refractivity (Wildman–Crippen MR) is 22.4 cm³/mol. The van der Waals surface area contributed by atoms with Gasteiger partial charge in [0, 0.05) is 0 Å².